The van der Waals surface area contributed by atoms with E-state index in [0.29, 0.717) is 17.3 Å². The number of hydrogen-bond donors (Lipinski definition) is 2. The van der Waals surface area contributed by atoms with Crippen molar-refractivity contribution >= 4 is 33.3 Å². The Labute approximate surface area is 127 Å². The van der Waals surface area contributed by atoms with E-state index in [-0.39, 0.29) is 10.9 Å². The Morgan fingerprint density at radius 1 is 1.10 bits per heavy atom. The molecule has 0 atom stereocenters. The summed E-state index contributed by atoms with van der Waals surface area (Å²) in [4.78, 5) is 4.41. The molecule has 0 radical (unpaired) electrons. The molecule has 2 N–H and O–H groups in total. The lowest BCUT2D eigenvalue weighted by Gasteiger charge is -2.21. The molecular weight excluding hydrogens is 310 g/mol. The number of sulfonamides is 1. The summed E-state index contributed by atoms with van der Waals surface area (Å²) in [6, 6.07) is 14.1. The third kappa shape index (κ3) is 3.01. The van der Waals surface area contributed by atoms with Crippen LogP contribution in [0.5, 0.6) is 0 Å². The normalized spacial score (nSPS) is 17.7. The first kappa shape index (κ1) is 13.9. The average Bonchev–Trinajstić information content (AvgIpc) is 2.45. The predicted molar refractivity (Wildman–Crippen MR) is 83.0 cm³/mol. The van der Waals surface area contributed by atoms with E-state index >= 15 is 0 Å². The van der Waals surface area contributed by atoms with E-state index in [4.69, 9.17) is 11.6 Å². The Balaban J connectivity index is 1.90. The minimum atomic E-state index is -3.61. The van der Waals surface area contributed by atoms with Crippen molar-refractivity contribution in [1.29, 1.82) is 0 Å². The number of guanidine groups is 1. The molecule has 0 spiro atoms. The zero-order valence-electron chi connectivity index (χ0n) is 10.9. The predicted octanol–water partition coefficient (Wildman–Crippen LogP) is 2.60. The second kappa shape index (κ2) is 5.38. The number of benzene rings is 2. The van der Waals surface area contributed by atoms with E-state index in [0.717, 1.165) is 5.56 Å². The van der Waals surface area contributed by atoms with Gasteiger partial charge in [-0.05, 0) is 23.8 Å². The van der Waals surface area contributed by atoms with Crippen molar-refractivity contribution in [3.8, 4) is 0 Å². The maximum atomic E-state index is 12.1. The Kier molecular flexibility index (Phi) is 3.57. The van der Waals surface area contributed by atoms with E-state index in [2.05, 4.69) is 15.0 Å². The number of nitrogens with one attached hydrogen (secondary N) is 2. The molecule has 1 aliphatic rings. The molecule has 0 fully saturated rings. The maximum absolute atomic E-state index is 12.1. The summed E-state index contributed by atoms with van der Waals surface area (Å²) in [5.41, 5.74) is 1.41. The van der Waals surface area contributed by atoms with Gasteiger partial charge in [0.2, 0.25) is 5.96 Å². The number of hydrogen-bond acceptors (Lipinski definition) is 3. The first-order chi connectivity index (χ1) is 10.0. The molecule has 0 amide bonds. The molecule has 5 nitrogen and oxygen atoms in total. The minimum Gasteiger partial charge on any atom is -0.324 e. The van der Waals surface area contributed by atoms with Gasteiger partial charge in [-0.15, -0.1) is 0 Å². The van der Waals surface area contributed by atoms with Gasteiger partial charge in [0.25, 0.3) is 10.0 Å². The van der Waals surface area contributed by atoms with Crippen LogP contribution in [0.3, 0.4) is 0 Å². The Morgan fingerprint density at radius 3 is 2.62 bits per heavy atom. The monoisotopic (exact) mass is 321 g/mol. The molecule has 2 aromatic rings. The zero-order chi connectivity index (χ0) is 14.9. The number of halogens is 1. The van der Waals surface area contributed by atoms with Crippen molar-refractivity contribution in [3.05, 3.63) is 59.1 Å². The SMILES string of the molecule is O=S1(=O)NC(=NCc2ccccc2)Nc2cc(Cl)ccc21. The van der Waals surface area contributed by atoms with Gasteiger partial charge >= 0.3 is 0 Å². The summed E-state index contributed by atoms with van der Waals surface area (Å²) < 4.78 is 26.7. The van der Waals surface area contributed by atoms with Gasteiger partial charge in [0.15, 0.2) is 0 Å². The van der Waals surface area contributed by atoms with Gasteiger partial charge in [0, 0.05) is 5.02 Å². The Bertz CT molecular complexity index is 804. The quantitative estimate of drug-likeness (QED) is 0.893. The first-order valence-corrected chi connectivity index (χ1v) is 8.08. The second-order valence-corrected chi connectivity index (χ2v) is 6.61. The summed E-state index contributed by atoms with van der Waals surface area (Å²) >= 11 is 5.90. The standard InChI is InChI=1S/C14H12ClN3O2S/c15-11-6-7-13-12(8-11)17-14(18-21(13,19)20)16-9-10-4-2-1-3-5-10/h1-8H,9H2,(H2,16,17,18). The maximum Gasteiger partial charge on any atom is 0.266 e. The van der Waals surface area contributed by atoms with Crippen LogP contribution < -0.4 is 10.0 Å². The lowest BCUT2D eigenvalue weighted by atomic mass is 10.2. The first-order valence-electron chi connectivity index (χ1n) is 6.22. The molecule has 0 unspecified atom stereocenters. The smallest absolute Gasteiger partial charge is 0.266 e. The van der Waals surface area contributed by atoms with Crippen LogP contribution in [0.1, 0.15) is 5.56 Å². The highest BCUT2D eigenvalue weighted by molar-refractivity contribution is 7.90. The summed E-state index contributed by atoms with van der Waals surface area (Å²) in [5.74, 6) is 0.189. The number of fused-ring (bicyclic) bond motifs is 1. The Morgan fingerprint density at radius 2 is 1.86 bits per heavy atom. The van der Waals surface area contributed by atoms with Gasteiger partial charge in [-0.1, -0.05) is 41.9 Å². The molecular formula is C14H12ClN3O2S. The molecule has 7 heteroatoms. The largest absolute Gasteiger partial charge is 0.324 e. The van der Waals surface area contributed by atoms with Crippen molar-refractivity contribution in [2.24, 2.45) is 4.99 Å². The van der Waals surface area contributed by atoms with Gasteiger partial charge in [0.05, 0.1) is 12.2 Å². The van der Waals surface area contributed by atoms with Gasteiger partial charge < -0.3 is 5.32 Å². The molecule has 2 aromatic carbocycles. The summed E-state index contributed by atoms with van der Waals surface area (Å²) in [5, 5.41) is 3.40. The van der Waals surface area contributed by atoms with Crippen LogP contribution in [0.15, 0.2) is 58.4 Å². The molecule has 0 saturated carbocycles. The highest BCUT2D eigenvalue weighted by Crippen LogP contribution is 2.27. The van der Waals surface area contributed by atoms with E-state index in [1.54, 1.807) is 6.07 Å². The number of nitrogens with zero attached hydrogens (tertiary/aromatic N) is 1. The third-order valence-corrected chi connectivity index (χ3v) is 4.61. The van der Waals surface area contributed by atoms with Crippen LogP contribution in [0.4, 0.5) is 5.69 Å². The number of aliphatic imine (C=N–C) groups is 1. The molecule has 108 valence electrons. The van der Waals surface area contributed by atoms with Gasteiger partial charge in [-0.2, -0.15) is 0 Å². The fourth-order valence-corrected chi connectivity index (χ4v) is 3.29. The van der Waals surface area contributed by atoms with Crippen LogP contribution >= 0.6 is 11.6 Å². The molecule has 1 heterocycles. The molecule has 0 saturated heterocycles. The molecule has 21 heavy (non-hydrogen) atoms. The second-order valence-electron chi connectivity index (χ2n) is 4.52. The minimum absolute atomic E-state index is 0.158. The summed E-state index contributed by atoms with van der Waals surface area (Å²) in [7, 11) is -3.61. The zero-order valence-corrected chi connectivity index (χ0v) is 12.4. The highest BCUT2D eigenvalue weighted by atomic mass is 35.5. The van der Waals surface area contributed by atoms with Crippen LogP contribution in [0.25, 0.3) is 0 Å². The lowest BCUT2D eigenvalue weighted by molar-refractivity contribution is 0.591. The summed E-state index contributed by atoms with van der Waals surface area (Å²) in [6.07, 6.45) is 0. The van der Waals surface area contributed by atoms with Crippen molar-refractivity contribution in [3.63, 3.8) is 0 Å². The van der Waals surface area contributed by atoms with E-state index < -0.39 is 10.0 Å². The lowest BCUT2D eigenvalue weighted by Crippen LogP contribution is -2.40. The Hall–Kier alpha value is -2.05. The van der Waals surface area contributed by atoms with Crippen molar-refractivity contribution < 1.29 is 8.42 Å². The third-order valence-electron chi connectivity index (χ3n) is 2.98. The van der Waals surface area contributed by atoms with Gasteiger partial charge in [-0.3, -0.25) is 0 Å². The number of rotatable bonds is 2. The topological polar surface area (TPSA) is 70.6 Å². The highest BCUT2D eigenvalue weighted by Gasteiger charge is 2.26. The molecule has 1 aliphatic heterocycles. The van der Waals surface area contributed by atoms with Gasteiger partial charge in [-0.25, -0.2) is 18.1 Å². The molecule has 0 aromatic heterocycles. The molecule has 0 bridgehead atoms. The fraction of sp³-hybridized carbons (Fsp3) is 0.0714. The van der Waals surface area contributed by atoms with Crippen LogP contribution in [0, 0.1) is 0 Å². The van der Waals surface area contributed by atoms with E-state index in [1.807, 2.05) is 30.3 Å². The number of anilines is 1. The molecule has 0 aliphatic carbocycles. The van der Waals surface area contributed by atoms with Crippen molar-refractivity contribution in [1.82, 2.24) is 4.72 Å². The van der Waals surface area contributed by atoms with Crippen molar-refractivity contribution in [2.75, 3.05) is 5.32 Å². The van der Waals surface area contributed by atoms with E-state index in [9.17, 15) is 8.42 Å². The van der Waals surface area contributed by atoms with Crippen molar-refractivity contribution in [2.45, 2.75) is 11.4 Å². The van der Waals surface area contributed by atoms with Crippen LogP contribution in [-0.2, 0) is 16.6 Å². The van der Waals surface area contributed by atoms with Gasteiger partial charge in [0.1, 0.15) is 4.90 Å². The van der Waals surface area contributed by atoms with Crippen LogP contribution in [0.2, 0.25) is 5.02 Å². The summed E-state index contributed by atoms with van der Waals surface area (Å²) in [6.45, 7) is 0.377. The fourth-order valence-electron chi connectivity index (χ4n) is 2.00. The average molecular weight is 322 g/mol. The van der Waals surface area contributed by atoms with Crippen LogP contribution in [-0.4, -0.2) is 14.4 Å². The molecule has 3 rings (SSSR count). The van der Waals surface area contributed by atoms with E-state index in [1.165, 1.54) is 12.1 Å².